The standard InChI is InChI=1S/C23H21ClN2O2S/c1-16-7-11-18(12-8-16)22-15-23(20-5-3-4-6-21(20)24)26(25-22)29(27,28)19-13-9-17(2)10-14-19/h3-15,23,25H,1-2H3/t23-/m1/s1. The molecule has 3 aromatic carbocycles. The van der Waals surface area contributed by atoms with Crippen LogP contribution in [0.25, 0.3) is 5.70 Å². The highest BCUT2D eigenvalue weighted by molar-refractivity contribution is 7.89. The van der Waals surface area contributed by atoms with E-state index in [4.69, 9.17) is 11.6 Å². The van der Waals surface area contributed by atoms with Crippen LogP contribution in [0.5, 0.6) is 0 Å². The molecule has 0 radical (unpaired) electrons. The number of halogens is 1. The first-order valence-corrected chi connectivity index (χ1v) is 11.1. The Labute approximate surface area is 176 Å². The number of hydrogen-bond acceptors (Lipinski definition) is 3. The fourth-order valence-corrected chi connectivity index (χ4v) is 4.96. The highest BCUT2D eigenvalue weighted by Crippen LogP contribution is 2.38. The van der Waals surface area contributed by atoms with Crippen molar-refractivity contribution in [2.75, 3.05) is 0 Å². The number of aryl methyl sites for hydroxylation is 2. The summed E-state index contributed by atoms with van der Waals surface area (Å²) in [6.07, 6.45) is 1.90. The number of sulfonamides is 1. The van der Waals surface area contributed by atoms with Crippen LogP contribution >= 0.6 is 11.6 Å². The smallest absolute Gasteiger partial charge is 0.260 e. The maximum Gasteiger partial charge on any atom is 0.260 e. The van der Waals surface area contributed by atoms with Gasteiger partial charge in [0.25, 0.3) is 10.0 Å². The first kappa shape index (κ1) is 19.7. The van der Waals surface area contributed by atoms with Crippen LogP contribution in [0.4, 0.5) is 0 Å². The van der Waals surface area contributed by atoms with Gasteiger partial charge in [-0.05, 0) is 49.2 Å². The van der Waals surface area contributed by atoms with Crippen molar-refractivity contribution >= 4 is 27.3 Å². The van der Waals surface area contributed by atoms with Gasteiger partial charge in [0.05, 0.1) is 16.6 Å². The third kappa shape index (κ3) is 3.81. The van der Waals surface area contributed by atoms with Crippen LogP contribution in [0.1, 0.15) is 28.3 Å². The second-order valence-corrected chi connectivity index (χ2v) is 9.36. The van der Waals surface area contributed by atoms with Crippen molar-refractivity contribution in [3.05, 3.63) is 106 Å². The van der Waals surface area contributed by atoms with E-state index < -0.39 is 16.1 Å². The van der Waals surface area contributed by atoms with Crippen LogP contribution in [-0.2, 0) is 10.0 Å². The molecule has 4 nitrogen and oxygen atoms in total. The van der Waals surface area contributed by atoms with Gasteiger partial charge in [0, 0.05) is 5.02 Å². The average molecular weight is 425 g/mol. The summed E-state index contributed by atoms with van der Waals surface area (Å²) in [5.41, 5.74) is 7.60. The highest BCUT2D eigenvalue weighted by atomic mass is 35.5. The van der Waals surface area contributed by atoms with Crippen LogP contribution < -0.4 is 5.43 Å². The lowest BCUT2D eigenvalue weighted by Gasteiger charge is -2.25. The normalized spacial score (nSPS) is 17.1. The lowest BCUT2D eigenvalue weighted by Crippen LogP contribution is -2.39. The summed E-state index contributed by atoms with van der Waals surface area (Å²) in [5.74, 6) is 0. The zero-order valence-corrected chi connectivity index (χ0v) is 17.7. The predicted molar refractivity (Wildman–Crippen MR) is 117 cm³/mol. The maximum absolute atomic E-state index is 13.5. The fraction of sp³-hybridized carbons (Fsp3) is 0.130. The molecule has 0 unspecified atom stereocenters. The van der Waals surface area contributed by atoms with Gasteiger partial charge in [-0.3, -0.25) is 0 Å². The molecule has 0 saturated heterocycles. The topological polar surface area (TPSA) is 49.4 Å². The van der Waals surface area contributed by atoms with Gasteiger partial charge >= 0.3 is 0 Å². The second-order valence-electron chi connectivity index (χ2n) is 7.14. The SMILES string of the molecule is Cc1ccc(C2=C[C@H](c3ccccc3Cl)N(S(=O)(=O)c3ccc(C)cc3)N2)cc1. The molecular weight excluding hydrogens is 404 g/mol. The predicted octanol–water partition coefficient (Wildman–Crippen LogP) is 5.25. The largest absolute Gasteiger partial charge is 0.304 e. The Morgan fingerprint density at radius 2 is 1.45 bits per heavy atom. The summed E-state index contributed by atoms with van der Waals surface area (Å²) in [7, 11) is -3.81. The Morgan fingerprint density at radius 1 is 0.862 bits per heavy atom. The Hall–Kier alpha value is -2.60. The zero-order valence-electron chi connectivity index (χ0n) is 16.1. The molecule has 1 heterocycles. The van der Waals surface area contributed by atoms with E-state index in [-0.39, 0.29) is 4.90 Å². The Morgan fingerprint density at radius 3 is 2.07 bits per heavy atom. The second kappa shape index (κ2) is 7.67. The first-order valence-electron chi connectivity index (χ1n) is 9.27. The molecule has 0 aliphatic carbocycles. The third-order valence-corrected chi connectivity index (χ3v) is 7.02. The molecule has 29 heavy (non-hydrogen) atoms. The first-order chi connectivity index (χ1) is 13.9. The molecule has 0 saturated carbocycles. The van der Waals surface area contributed by atoms with Gasteiger partial charge in [0.15, 0.2) is 0 Å². The van der Waals surface area contributed by atoms with Crippen molar-refractivity contribution in [3.63, 3.8) is 0 Å². The van der Waals surface area contributed by atoms with E-state index >= 15 is 0 Å². The van der Waals surface area contributed by atoms with E-state index in [2.05, 4.69) is 5.43 Å². The Kier molecular flexibility index (Phi) is 5.21. The van der Waals surface area contributed by atoms with Crippen molar-refractivity contribution in [2.24, 2.45) is 0 Å². The minimum absolute atomic E-state index is 0.228. The van der Waals surface area contributed by atoms with Crippen LogP contribution in [0.3, 0.4) is 0 Å². The summed E-state index contributed by atoms with van der Waals surface area (Å²) in [6.45, 7) is 3.94. The molecular formula is C23H21ClN2O2S. The fourth-order valence-electron chi connectivity index (χ4n) is 3.31. The Balaban J connectivity index is 1.80. The van der Waals surface area contributed by atoms with E-state index in [1.165, 1.54) is 4.41 Å². The van der Waals surface area contributed by atoms with Crippen molar-refractivity contribution in [1.82, 2.24) is 9.84 Å². The number of nitrogens with one attached hydrogen (secondary N) is 1. The van der Waals surface area contributed by atoms with Crippen molar-refractivity contribution < 1.29 is 8.42 Å². The molecule has 1 aliphatic heterocycles. The molecule has 0 fully saturated rings. The highest BCUT2D eigenvalue weighted by Gasteiger charge is 2.37. The molecule has 148 valence electrons. The van der Waals surface area contributed by atoms with E-state index in [9.17, 15) is 8.42 Å². The van der Waals surface area contributed by atoms with E-state index in [0.29, 0.717) is 5.02 Å². The van der Waals surface area contributed by atoms with Crippen LogP contribution in [0.15, 0.2) is 83.8 Å². The lowest BCUT2D eigenvalue weighted by molar-refractivity contribution is 0.348. The quantitative estimate of drug-likeness (QED) is 0.622. The molecule has 0 spiro atoms. The summed E-state index contributed by atoms with van der Waals surface area (Å²) in [4.78, 5) is 0.228. The van der Waals surface area contributed by atoms with Gasteiger partial charge in [-0.1, -0.05) is 77.3 Å². The molecule has 0 aromatic heterocycles. The molecule has 0 amide bonds. The van der Waals surface area contributed by atoms with Gasteiger partial charge in [-0.2, -0.15) is 0 Å². The Bertz CT molecular complexity index is 1170. The van der Waals surface area contributed by atoms with Crippen LogP contribution in [0.2, 0.25) is 5.02 Å². The summed E-state index contributed by atoms with van der Waals surface area (Å²) in [5, 5.41) is 0.518. The van der Waals surface area contributed by atoms with Gasteiger partial charge in [-0.25, -0.2) is 8.42 Å². The molecule has 6 heteroatoms. The number of nitrogens with zero attached hydrogens (tertiary/aromatic N) is 1. The summed E-state index contributed by atoms with van der Waals surface area (Å²) < 4.78 is 28.2. The number of hydrazine groups is 1. The number of hydrogen-bond donors (Lipinski definition) is 1. The maximum atomic E-state index is 13.5. The molecule has 1 atom stereocenters. The number of benzene rings is 3. The van der Waals surface area contributed by atoms with Crippen LogP contribution in [-0.4, -0.2) is 12.8 Å². The molecule has 4 rings (SSSR count). The van der Waals surface area contributed by atoms with Gasteiger partial charge in [0.2, 0.25) is 0 Å². The number of rotatable bonds is 4. The third-order valence-electron chi connectivity index (χ3n) is 4.97. The van der Waals surface area contributed by atoms with Crippen molar-refractivity contribution in [1.29, 1.82) is 0 Å². The molecule has 1 aliphatic rings. The van der Waals surface area contributed by atoms with E-state index in [1.807, 2.05) is 62.4 Å². The van der Waals surface area contributed by atoms with Gasteiger partial charge in [-0.15, -0.1) is 4.41 Å². The van der Waals surface area contributed by atoms with Crippen molar-refractivity contribution in [3.8, 4) is 0 Å². The van der Waals surface area contributed by atoms with Crippen LogP contribution in [0, 0.1) is 13.8 Å². The van der Waals surface area contributed by atoms with Gasteiger partial charge < -0.3 is 5.43 Å². The van der Waals surface area contributed by atoms with E-state index in [1.54, 1.807) is 30.3 Å². The molecule has 0 bridgehead atoms. The van der Waals surface area contributed by atoms with Crippen molar-refractivity contribution in [2.45, 2.75) is 24.8 Å². The minimum Gasteiger partial charge on any atom is -0.304 e. The minimum atomic E-state index is -3.81. The molecule has 3 aromatic rings. The monoisotopic (exact) mass is 424 g/mol. The zero-order chi connectivity index (χ0) is 20.6. The summed E-state index contributed by atoms with van der Waals surface area (Å²) >= 11 is 6.42. The average Bonchev–Trinajstić information content (AvgIpc) is 3.15. The van der Waals surface area contributed by atoms with Gasteiger partial charge in [0.1, 0.15) is 0 Å². The van der Waals surface area contributed by atoms with E-state index in [0.717, 1.165) is 28.0 Å². The summed E-state index contributed by atoms with van der Waals surface area (Å²) in [6, 6.07) is 21.5. The molecule has 1 N–H and O–H groups in total. The lowest BCUT2D eigenvalue weighted by atomic mass is 10.0.